The Balaban J connectivity index is 1.71. The Kier molecular flexibility index (Phi) is 5.23. The molecule has 128 valence electrons. The molecule has 0 aliphatic rings. The summed E-state index contributed by atoms with van der Waals surface area (Å²) in [6.45, 7) is 4.42. The van der Waals surface area contributed by atoms with Crippen molar-refractivity contribution in [2.24, 2.45) is 0 Å². The summed E-state index contributed by atoms with van der Waals surface area (Å²) >= 11 is 0. The molecule has 5 heteroatoms. The zero-order chi connectivity index (χ0) is 17.6. The number of ether oxygens (including phenoxy) is 1. The van der Waals surface area contributed by atoms with Crippen molar-refractivity contribution in [3.8, 4) is 17.0 Å². The molecule has 0 fully saturated rings. The molecule has 1 heterocycles. The Hall–Kier alpha value is -2.95. The van der Waals surface area contributed by atoms with E-state index in [1.807, 2.05) is 55.5 Å². The van der Waals surface area contributed by atoms with Crippen molar-refractivity contribution < 1.29 is 9.53 Å². The number of hydrogen-bond donors (Lipinski definition) is 1. The van der Waals surface area contributed by atoms with Gasteiger partial charge in [0.1, 0.15) is 5.75 Å². The first-order valence-corrected chi connectivity index (χ1v) is 8.44. The van der Waals surface area contributed by atoms with Gasteiger partial charge in [-0.2, -0.15) is 0 Å². The van der Waals surface area contributed by atoms with Gasteiger partial charge >= 0.3 is 0 Å². The molecule has 3 aromatic rings. The number of benzene rings is 2. The highest BCUT2D eigenvalue weighted by molar-refractivity contribution is 5.80. The number of carbonyl (C=O) groups excluding carboxylic acids is 1. The second-order valence-electron chi connectivity index (χ2n) is 5.82. The molecule has 25 heavy (non-hydrogen) atoms. The van der Waals surface area contributed by atoms with E-state index in [1.165, 1.54) is 0 Å². The van der Waals surface area contributed by atoms with Crippen LogP contribution in [0.1, 0.15) is 20.3 Å². The van der Waals surface area contributed by atoms with Crippen LogP contribution in [-0.4, -0.2) is 28.5 Å². The highest BCUT2D eigenvalue weighted by atomic mass is 16.5. The minimum absolute atomic E-state index is 0.105. The highest BCUT2D eigenvalue weighted by Crippen LogP contribution is 2.22. The maximum Gasteiger partial charge on any atom is 0.260 e. The SMILES string of the molecule is CCCNC(=O)C(C)Oc1ccc(-c2cnc3ccccc3n2)cc1. The summed E-state index contributed by atoms with van der Waals surface area (Å²) < 4.78 is 5.69. The quantitative estimate of drug-likeness (QED) is 0.748. The van der Waals surface area contributed by atoms with E-state index >= 15 is 0 Å². The maximum absolute atomic E-state index is 11.9. The number of carbonyl (C=O) groups is 1. The minimum atomic E-state index is -0.530. The number of nitrogens with zero attached hydrogens (tertiary/aromatic N) is 2. The Labute approximate surface area is 147 Å². The molecule has 0 spiro atoms. The molecule has 2 aromatic carbocycles. The fourth-order valence-corrected chi connectivity index (χ4v) is 2.45. The molecule has 1 unspecified atom stereocenters. The second-order valence-corrected chi connectivity index (χ2v) is 5.82. The van der Waals surface area contributed by atoms with Gasteiger partial charge in [-0.3, -0.25) is 9.78 Å². The van der Waals surface area contributed by atoms with Crippen molar-refractivity contribution in [1.29, 1.82) is 0 Å². The number of aromatic nitrogens is 2. The molecule has 1 aromatic heterocycles. The van der Waals surface area contributed by atoms with Gasteiger partial charge in [-0.1, -0.05) is 19.1 Å². The molecule has 1 atom stereocenters. The Morgan fingerprint density at radius 1 is 1.12 bits per heavy atom. The molecule has 1 amide bonds. The summed E-state index contributed by atoms with van der Waals surface area (Å²) in [5.74, 6) is 0.544. The summed E-state index contributed by atoms with van der Waals surface area (Å²) in [5.41, 5.74) is 3.49. The smallest absolute Gasteiger partial charge is 0.260 e. The summed E-state index contributed by atoms with van der Waals surface area (Å²) in [6, 6.07) is 15.3. The van der Waals surface area contributed by atoms with Gasteiger partial charge in [0.05, 0.1) is 22.9 Å². The van der Waals surface area contributed by atoms with Crippen LogP contribution in [0.5, 0.6) is 5.75 Å². The predicted molar refractivity (Wildman–Crippen MR) is 98.4 cm³/mol. The molecule has 0 saturated carbocycles. The molecule has 0 aliphatic carbocycles. The van der Waals surface area contributed by atoms with E-state index in [4.69, 9.17) is 4.74 Å². The lowest BCUT2D eigenvalue weighted by atomic mass is 10.1. The van der Waals surface area contributed by atoms with Gasteiger partial charge < -0.3 is 10.1 Å². The first kappa shape index (κ1) is 16.9. The first-order valence-electron chi connectivity index (χ1n) is 8.44. The Morgan fingerprint density at radius 2 is 1.84 bits per heavy atom. The molecule has 0 saturated heterocycles. The minimum Gasteiger partial charge on any atom is -0.481 e. The monoisotopic (exact) mass is 335 g/mol. The summed E-state index contributed by atoms with van der Waals surface area (Å²) in [7, 11) is 0. The number of nitrogens with one attached hydrogen (secondary N) is 1. The van der Waals surface area contributed by atoms with E-state index in [0.717, 1.165) is 28.7 Å². The number of amides is 1. The van der Waals surface area contributed by atoms with E-state index in [-0.39, 0.29) is 5.91 Å². The van der Waals surface area contributed by atoms with Crippen molar-refractivity contribution in [2.75, 3.05) is 6.54 Å². The molecule has 0 bridgehead atoms. The normalized spacial score (nSPS) is 11.9. The largest absolute Gasteiger partial charge is 0.481 e. The summed E-state index contributed by atoms with van der Waals surface area (Å²) in [4.78, 5) is 20.9. The fraction of sp³-hybridized carbons (Fsp3) is 0.250. The van der Waals surface area contributed by atoms with Gasteiger partial charge in [0.2, 0.25) is 0 Å². The van der Waals surface area contributed by atoms with E-state index in [1.54, 1.807) is 13.1 Å². The van der Waals surface area contributed by atoms with Gasteiger partial charge in [-0.25, -0.2) is 4.98 Å². The number of hydrogen-bond acceptors (Lipinski definition) is 4. The van der Waals surface area contributed by atoms with E-state index in [0.29, 0.717) is 12.3 Å². The average molecular weight is 335 g/mol. The average Bonchev–Trinajstić information content (AvgIpc) is 2.66. The van der Waals surface area contributed by atoms with Crippen LogP contribution < -0.4 is 10.1 Å². The second kappa shape index (κ2) is 7.75. The van der Waals surface area contributed by atoms with E-state index in [2.05, 4.69) is 15.3 Å². The van der Waals surface area contributed by atoms with Gasteiger partial charge in [-0.05, 0) is 49.7 Å². The zero-order valence-electron chi connectivity index (χ0n) is 14.4. The molecular weight excluding hydrogens is 314 g/mol. The first-order chi connectivity index (χ1) is 12.2. The zero-order valence-corrected chi connectivity index (χ0v) is 14.4. The van der Waals surface area contributed by atoms with Crippen LogP contribution >= 0.6 is 0 Å². The Morgan fingerprint density at radius 3 is 2.56 bits per heavy atom. The van der Waals surface area contributed by atoms with Crippen molar-refractivity contribution in [1.82, 2.24) is 15.3 Å². The van der Waals surface area contributed by atoms with E-state index in [9.17, 15) is 4.79 Å². The molecule has 3 rings (SSSR count). The van der Waals surface area contributed by atoms with E-state index < -0.39 is 6.10 Å². The van der Waals surface area contributed by atoms with Gasteiger partial charge in [0.15, 0.2) is 6.10 Å². The van der Waals surface area contributed by atoms with Crippen LogP contribution in [0.3, 0.4) is 0 Å². The standard InChI is InChI=1S/C20H21N3O2/c1-3-12-21-20(24)14(2)25-16-10-8-15(9-11-16)19-13-22-17-6-4-5-7-18(17)23-19/h4-11,13-14H,3,12H2,1-2H3,(H,21,24). The van der Waals surface area contributed by atoms with Gasteiger partial charge in [0.25, 0.3) is 5.91 Å². The third-order valence-electron chi connectivity index (χ3n) is 3.83. The summed E-state index contributed by atoms with van der Waals surface area (Å²) in [6.07, 6.45) is 2.14. The topological polar surface area (TPSA) is 64.1 Å². The molecule has 1 N–H and O–H groups in total. The van der Waals surface area contributed by atoms with Crippen LogP contribution in [0.25, 0.3) is 22.3 Å². The van der Waals surface area contributed by atoms with Gasteiger partial charge in [0, 0.05) is 12.1 Å². The molecule has 0 aliphatic heterocycles. The van der Waals surface area contributed by atoms with Crippen LogP contribution in [0, 0.1) is 0 Å². The van der Waals surface area contributed by atoms with Gasteiger partial charge in [-0.15, -0.1) is 0 Å². The number of rotatable bonds is 6. The third-order valence-corrected chi connectivity index (χ3v) is 3.83. The Bertz CT molecular complexity index is 862. The number of fused-ring (bicyclic) bond motifs is 1. The van der Waals surface area contributed by atoms with Crippen LogP contribution in [0.4, 0.5) is 0 Å². The highest BCUT2D eigenvalue weighted by Gasteiger charge is 2.13. The van der Waals surface area contributed by atoms with Crippen molar-refractivity contribution in [3.05, 3.63) is 54.7 Å². The number of para-hydroxylation sites is 2. The lowest BCUT2D eigenvalue weighted by Gasteiger charge is -2.14. The predicted octanol–water partition coefficient (Wildman–Crippen LogP) is 3.59. The molecular formula is C20H21N3O2. The maximum atomic E-state index is 11.9. The van der Waals surface area contributed by atoms with Crippen LogP contribution in [-0.2, 0) is 4.79 Å². The fourth-order valence-electron chi connectivity index (χ4n) is 2.45. The van der Waals surface area contributed by atoms with Crippen LogP contribution in [0.15, 0.2) is 54.7 Å². The summed E-state index contributed by atoms with van der Waals surface area (Å²) in [5, 5.41) is 2.82. The van der Waals surface area contributed by atoms with Crippen LogP contribution in [0.2, 0.25) is 0 Å². The van der Waals surface area contributed by atoms with Crippen molar-refractivity contribution in [2.45, 2.75) is 26.4 Å². The van der Waals surface area contributed by atoms with Crippen molar-refractivity contribution >= 4 is 16.9 Å². The molecule has 5 nitrogen and oxygen atoms in total. The lowest BCUT2D eigenvalue weighted by molar-refractivity contribution is -0.127. The lowest BCUT2D eigenvalue weighted by Crippen LogP contribution is -2.36. The third kappa shape index (κ3) is 4.12. The molecule has 0 radical (unpaired) electrons. The van der Waals surface area contributed by atoms with Crippen molar-refractivity contribution in [3.63, 3.8) is 0 Å².